The highest BCUT2D eigenvalue weighted by molar-refractivity contribution is 7.81. The summed E-state index contributed by atoms with van der Waals surface area (Å²) in [6, 6.07) is 34.6. The number of nitrogens with one attached hydrogen (secondary N) is 2. The smallest absolute Gasteiger partial charge is 0.261 e. The molecular formula is C36H40N4O2SSi. The van der Waals surface area contributed by atoms with Crippen molar-refractivity contribution in [2.75, 3.05) is 17.7 Å². The second-order valence-electron chi connectivity index (χ2n) is 12.3. The van der Waals surface area contributed by atoms with Crippen molar-refractivity contribution in [1.82, 2.24) is 10.3 Å². The normalized spacial score (nSPS) is 15.6. The molecule has 4 N–H and O–H groups in total. The van der Waals surface area contributed by atoms with Crippen LogP contribution >= 0.6 is 12.2 Å². The van der Waals surface area contributed by atoms with E-state index in [1.807, 2.05) is 54.6 Å². The zero-order chi connectivity index (χ0) is 31.2. The van der Waals surface area contributed by atoms with Gasteiger partial charge in [0.25, 0.3) is 8.32 Å². The van der Waals surface area contributed by atoms with Gasteiger partial charge in [-0.3, -0.25) is 4.79 Å². The molecule has 1 heterocycles. The van der Waals surface area contributed by atoms with Gasteiger partial charge in [-0.05, 0) is 57.6 Å². The van der Waals surface area contributed by atoms with Crippen LogP contribution in [0.15, 0.2) is 121 Å². The monoisotopic (exact) mass is 620 g/mol. The van der Waals surface area contributed by atoms with Crippen LogP contribution in [-0.2, 0) is 15.8 Å². The summed E-state index contributed by atoms with van der Waals surface area (Å²) in [7, 11) is -2.75. The molecule has 1 atom stereocenters. The number of hydrogen-bond acceptors (Lipinski definition) is 6. The molecule has 226 valence electrons. The summed E-state index contributed by atoms with van der Waals surface area (Å²) in [5.41, 5.74) is 9.11. The third-order valence-electron chi connectivity index (χ3n) is 8.11. The Morgan fingerprint density at radius 2 is 1.52 bits per heavy atom. The Labute approximate surface area is 266 Å². The van der Waals surface area contributed by atoms with E-state index >= 15 is 0 Å². The third kappa shape index (κ3) is 6.99. The second kappa shape index (κ2) is 13.7. The zero-order valence-electron chi connectivity index (χ0n) is 25.5. The standard InChI is InChI=1S/C36H40N4O2SSi/c1-36(2,3)44(29-15-9-5-10-16-29,30-17-11-6-12-18-30)42-25-27-21-31(39-24-26-19-20-38-33(37)23-26)34(32(41)22-27)35(43)40-28-13-7-4-8-14-28/h4-20,23,27,39H,21-22,24-25H2,1-3H3,(H2,37,38)(H,40,43). The van der Waals surface area contributed by atoms with E-state index in [1.54, 1.807) is 6.20 Å². The number of nitrogen functional groups attached to an aromatic ring is 1. The molecule has 0 fully saturated rings. The molecule has 0 amide bonds. The summed E-state index contributed by atoms with van der Waals surface area (Å²) in [5, 5.41) is 9.10. The molecule has 0 saturated heterocycles. The van der Waals surface area contributed by atoms with Gasteiger partial charge in [0.1, 0.15) is 10.8 Å². The van der Waals surface area contributed by atoms with Gasteiger partial charge in [-0.15, -0.1) is 0 Å². The number of para-hydroxylation sites is 1. The van der Waals surface area contributed by atoms with Gasteiger partial charge in [-0.25, -0.2) is 4.98 Å². The SMILES string of the molecule is CC(C)(C)[Si](OCC1CC(=O)C(C(=S)Nc2ccccc2)=C(NCc2ccnc(N)c2)C1)(c1ccccc1)c1ccccc1. The maximum Gasteiger partial charge on any atom is 0.261 e. The quantitative estimate of drug-likeness (QED) is 0.148. The van der Waals surface area contributed by atoms with E-state index < -0.39 is 8.32 Å². The van der Waals surface area contributed by atoms with Crippen molar-refractivity contribution in [2.45, 2.75) is 45.2 Å². The Morgan fingerprint density at radius 1 is 0.932 bits per heavy atom. The van der Waals surface area contributed by atoms with Crippen molar-refractivity contribution >= 4 is 53.2 Å². The fourth-order valence-corrected chi connectivity index (χ4v) is 11.1. The Balaban J connectivity index is 1.46. The Hall–Kier alpha value is -4.11. The molecule has 8 heteroatoms. The van der Waals surface area contributed by atoms with Crippen molar-refractivity contribution in [2.24, 2.45) is 5.92 Å². The van der Waals surface area contributed by atoms with Gasteiger partial charge in [0.15, 0.2) is 5.78 Å². The summed E-state index contributed by atoms with van der Waals surface area (Å²) >= 11 is 5.82. The van der Waals surface area contributed by atoms with Crippen molar-refractivity contribution < 1.29 is 9.22 Å². The van der Waals surface area contributed by atoms with Crippen molar-refractivity contribution in [3.8, 4) is 0 Å². The van der Waals surface area contributed by atoms with E-state index in [1.165, 1.54) is 10.4 Å². The average Bonchev–Trinajstić information content (AvgIpc) is 3.01. The first kappa shape index (κ1) is 31.3. The van der Waals surface area contributed by atoms with Gasteiger partial charge in [0.2, 0.25) is 0 Å². The molecule has 0 bridgehead atoms. The number of thiocarbonyl (C=S) groups is 1. The molecule has 1 aliphatic carbocycles. The highest BCUT2D eigenvalue weighted by atomic mass is 32.1. The fraction of sp³-hybridized carbons (Fsp3) is 0.250. The molecule has 1 aromatic heterocycles. The minimum absolute atomic E-state index is 0.0115. The molecule has 3 aromatic carbocycles. The molecule has 0 spiro atoms. The number of ketones is 1. The first-order valence-electron chi connectivity index (χ1n) is 15.0. The van der Waals surface area contributed by atoms with Crippen LogP contribution < -0.4 is 26.7 Å². The highest BCUT2D eigenvalue weighted by Crippen LogP contribution is 2.38. The van der Waals surface area contributed by atoms with Gasteiger partial charge in [-0.2, -0.15) is 0 Å². The van der Waals surface area contributed by atoms with Crippen LogP contribution in [0.25, 0.3) is 0 Å². The van der Waals surface area contributed by atoms with Gasteiger partial charge >= 0.3 is 0 Å². The minimum Gasteiger partial charge on any atom is -0.407 e. The van der Waals surface area contributed by atoms with E-state index in [4.69, 9.17) is 22.4 Å². The van der Waals surface area contributed by atoms with E-state index in [0.717, 1.165) is 16.9 Å². The van der Waals surface area contributed by atoms with E-state index in [9.17, 15) is 4.79 Å². The average molecular weight is 621 g/mol. The molecule has 1 unspecified atom stereocenters. The highest BCUT2D eigenvalue weighted by Gasteiger charge is 2.50. The Kier molecular flexibility index (Phi) is 9.73. The summed E-state index contributed by atoms with van der Waals surface area (Å²) in [5.74, 6) is 0.450. The van der Waals surface area contributed by atoms with Crippen LogP contribution in [-0.4, -0.2) is 30.7 Å². The second-order valence-corrected chi connectivity index (χ2v) is 17.0. The lowest BCUT2D eigenvalue weighted by molar-refractivity contribution is -0.116. The fourth-order valence-electron chi connectivity index (χ4n) is 6.07. The zero-order valence-corrected chi connectivity index (χ0v) is 27.4. The predicted molar refractivity (Wildman–Crippen MR) is 186 cm³/mol. The van der Waals surface area contributed by atoms with Gasteiger partial charge in [-0.1, -0.05) is 112 Å². The van der Waals surface area contributed by atoms with Crippen LogP contribution in [0.4, 0.5) is 11.5 Å². The molecule has 4 aromatic rings. The van der Waals surface area contributed by atoms with Crippen LogP contribution in [0.1, 0.15) is 39.2 Å². The first-order valence-corrected chi connectivity index (χ1v) is 17.3. The maximum absolute atomic E-state index is 13.9. The number of nitrogens with zero attached hydrogens (tertiary/aromatic N) is 1. The number of benzene rings is 3. The van der Waals surface area contributed by atoms with Gasteiger partial charge in [0, 0.05) is 37.2 Å². The maximum atomic E-state index is 13.9. The molecular weight excluding hydrogens is 581 g/mol. The van der Waals surface area contributed by atoms with Crippen molar-refractivity contribution in [3.05, 3.63) is 126 Å². The molecule has 5 rings (SSSR count). The van der Waals surface area contributed by atoms with Crippen molar-refractivity contribution in [3.63, 3.8) is 0 Å². The largest absolute Gasteiger partial charge is 0.407 e. The van der Waals surface area contributed by atoms with E-state index in [2.05, 4.69) is 84.9 Å². The van der Waals surface area contributed by atoms with Crippen molar-refractivity contribution in [1.29, 1.82) is 0 Å². The lowest BCUT2D eigenvalue weighted by atomic mass is 9.86. The number of carbonyl (C=O) groups excluding carboxylic acids is 1. The minimum atomic E-state index is -2.75. The number of carbonyl (C=O) groups is 1. The third-order valence-corrected chi connectivity index (χ3v) is 13.4. The van der Waals surface area contributed by atoms with Crippen LogP contribution in [0.5, 0.6) is 0 Å². The molecule has 44 heavy (non-hydrogen) atoms. The van der Waals surface area contributed by atoms with Crippen LogP contribution in [0, 0.1) is 5.92 Å². The number of hydrogen-bond donors (Lipinski definition) is 3. The lowest BCUT2D eigenvalue weighted by Crippen LogP contribution is -2.67. The summed E-state index contributed by atoms with van der Waals surface area (Å²) in [6.45, 7) is 7.76. The molecule has 0 saturated carbocycles. The van der Waals surface area contributed by atoms with Gasteiger partial charge < -0.3 is 20.8 Å². The molecule has 0 radical (unpaired) electrons. The van der Waals surface area contributed by atoms with Gasteiger partial charge in [0.05, 0.1) is 5.57 Å². The number of Topliss-reactive ketones (excluding diaryl/α,β-unsaturated/α-hetero) is 1. The summed E-state index contributed by atoms with van der Waals surface area (Å²) in [6.07, 6.45) is 2.68. The first-order chi connectivity index (χ1) is 21.2. The number of anilines is 2. The summed E-state index contributed by atoms with van der Waals surface area (Å²) < 4.78 is 7.24. The molecule has 1 aliphatic rings. The van der Waals surface area contributed by atoms with Crippen LogP contribution in [0.3, 0.4) is 0 Å². The predicted octanol–water partition coefficient (Wildman–Crippen LogP) is 6.00. The molecule has 6 nitrogen and oxygen atoms in total. The number of allylic oxidation sites excluding steroid dienone is 1. The summed E-state index contributed by atoms with van der Waals surface area (Å²) in [4.78, 5) is 18.4. The van der Waals surface area contributed by atoms with E-state index in [0.29, 0.717) is 42.4 Å². The Bertz CT molecular complexity index is 1580. The number of rotatable bonds is 10. The lowest BCUT2D eigenvalue weighted by Gasteiger charge is -2.44. The molecule has 0 aliphatic heterocycles. The van der Waals surface area contributed by atoms with E-state index in [-0.39, 0.29) is 16.7 Å². The number of pyridine rings is 1. The number of aromatic nitrogens is 1. The van der Waals surface area contributed by atoms with Crippen LogP contribution in [0.2, 0.25) is 5.04 Å². The topological polar surface area (TPSA) is 89.3 Å². The Morgan fingerprint density at radius 3 is 2.09 bits per heavy atom. The number of nitrogens with two attached hydrogens (primary N) is 1.